The van der Waals surface area contributed by atoms with Crippen LogP contribution in [0.2, 0.25) is 0 Å². The second-order valence-corrected chi connectivity index (χ2v) is 5.33. The molecule has 0 saturated carbocycles. The summed E-state index contributed by atoms with van der Waals surface area (Å²) in [7, 11) is 1.55. The molecule has 0 amide bonds. The molecule has 1 N–H and O–H groups in total. The van der Waals surface area contributed by atoms with E-state index in [9.17, 15) is 8.78 Å². The molecule has 1 unspecified atom stereocenters. The van der Waals surface area contributed by atoms with Gasteiger partial charge >= 0.3 is 5.25 Å². The van der Waals surface area contributed by atoms with Gasteiger partial charge in [-0.3, -0.25) is 0 Å². The van der Waals surface area contributed by atoms with Crippen LogP contribution in [0.3, 0.4) is 0 Å². The molecule has 0 aliphatic rings. The molecule has 1 atom stereocenters. The number of halogens is 2. The van der Waals surface area contributed by atoms with Crippen molar-refractivity contribution in [1.82, 2.24) is 5.32 Å². The Morgan fingerprint density at radius 1 is 0.947 bits per heavy atom. The SMILES string of the molecule is CNC(c1ccccc1)C(F)(F)Sc1ccccc1. The van der Waals surface area contributed by atoms with Crippen molar-refractivity contribution in [2.75, 3.05) is 7.05 Å². The fourth-order valence-corrected chi connectivity index (χ4v) is 2.86. The molecule has 19 heavy (non-hydrogen) atoms. The lowest BCUT2D eigenvalue weighted by Gasteiger charge is -2.26. The highest BCUT2D eigenvalue weighted by Gasteiger charge is 2.40. The summed E-state index contributed by atoms with van der Waals surface area (Å²) in [5.74, 6) is 0. The highest BCUT2D eigenvalue weighted by molar-refractivity contribution is 8.00. The zero-order valence-corrected chi connectivity index (χ0v) is 11.3. The number of nitrogens with one attached hydrogen (secondary N) is 1. The van der Waals surface area contributed by atoms with E-state index in [1.807, 2.05) is 12.1 Å². The summed E-state index contributed by atoms with van der Waals surface area (Å²) in [4.78, 5) is 0.559. The van der Waals surface area contributed by atoms with Crippen LogP contribution in [0.5, 0.6) is 0 Å². The number of hydrogen-bond donors (Lipinski definition) is 1. The van der Waals surface area contributed by atoms with Crippen LogP contribution >= 0.6 is 11.8 Å². The van der Waals surface area contributed by atoms with E-state index in [2.05, 4.69) is 5.32 Å². The molecule has 0 aliphatic carbocycles. The third-order valence-electron chi connectivity index (χ3n) is 2.75. The molecule has 0 spiro atoms. The number of hydrogen-bond acceptors (Lipinski definition) is 2. The molecule has 1 nitrogen and oxygen atoms in total. The normalized spacial score (nSPS) is 13.2. The van der Waals surface area contributed by atoms with Crippen LogP contribution in [0.15, 0.2) is 65.6 Å². The van der Waals surface area contributed by atoms with Crippen molar-refractivity contribution in [1.29, 1.82) is 0 Å². The summed E-state index contributed by atoms with van der Waals surface area (Å²) in [6.07, 6.45) is 0. The molecule has 2 aromatic rings. The van der Waals surface area contributed by atoms with Gasteiger partial charge in [0.25, 0.3) is 0 Å². The smallest absolute Gasteiger partial charge is 0.307 e. The van der Waals surface area contributed by atoms with E-state index >= 15 is 0 Å². The van der Waals surface area contributed by atoms with Gasteiger partial charge in [0.2, 0.25) is 0 Å². The average molecular weight is 279 g/mol. The lowest BCUT2D eigenvalue weighted by molar-refractivity contribution is 0.0620. The van der Waals surface area contributed by atoms with Gasteiger partial charge in [0, 0.05) is 4.90 Å². The van der Waals surface area contributed by atoms with Crippen LogP contribution in [-0.4, -0.2) is 12.3 Å². The molecule has 0 heterocycles. The molecule has 0 aromatic heterocycles. The molecule has 0 bridgehead atoms. The van der Waals surface area contributed by atoms with Crippen molar-refractivity contribution in [3.05, 3.63) is 66.2 Å². The Morgan fingerprint density at radius 3 is 2.00 bits per heavy atom. The van der Waals surface area contributed by atoms with Crippen LogP contribution in [-0.2, 0) is 0 Å². The minimum atomic E-state index is -2.92. The van der Waals surface area contributed by atoms with Gasteiger partial charge < -0.3 is 5.32 Å². The van der Waals surface area contributed by atoms with Gasteiger partial charge in [0.15, 0.2) is 0 Å². The summed E-state index contributed by atoms with van der Waals surface area (Å²) in [6, 6.07) is 16.5. The standard InChI is InChI=1S/C15H15F2NS/c1-18-14(12-8-4-2-5-9-12)15(16,17)19-13-10-6-3-7-11-13/h2-11,14,18H,1H3. The first-order valence-corrected chi connectivity index (χ1v) is 6.79. The van der Waals surface area contributed by atoms with E-state index in [-0.39, 0.29) is 0 Å². The molecular weight excluding hydrogens is 264 g/mol. The topological polar surface area (TPSA) is 12.0 Å². The molecule has 0 saturated heterocycles. The van der Waals surface area contributed by atoms with Crippen molar-refractivity contribution in [3.8, 4) is 0 Å². The summed E-state index contributed by atoms with van der Waals surface area (Å²) in [5.41, 5.74) is 0.582. The number of alkyl halides is 2. The molecule has 4 heteroatoms. The van der Waals surface area contributed by atoms with Gasteiger partial charge in [-0.1, -0.05) is 60.3 Å². The van der Waals surface area contributed by atoms with Crippen LogP contribution in [0.25, 0.3) is 0 Å². The van der Waals surface area contributed by atoms with E-state index in [1.54, 1.807) is 55.6 Å². The third-order valence-corrected chi connectivity index (χ3v) is 3.77. The number of thioether (sulfide) groups is 1. The van der Waals surface area contributed by atoms with Crippen molar-refractivity contribution in [3.63, 3.8) is 0 Å². The monoisotopic (exact) mass is 279 g/mol. The minimum absolute atomic E-state index is 0.559. The maximum Gasteiger partial charge on any atom is 0.317 e. The Labute approximate surface area is 116 Å². The van der Waals surface area contributed by atoms with E-state index in [4.69, 9.17) is 0 Å². The Hall–Kier alpha value is -1.39. The first-order valence-electron chi connectivity index (χ1n) is 5.97. The number of rotatable bonds is 5. The van der Waals surface area contributed by atoms with Gasteiger partial charge in [-0.15, -0.1) is 0 Å². The maximum absolute atomic E-state index is 14.4. The third kappa shape index (κ3) is 3.55. The Kier molecular flexibility index (Phi) is 4.56. The maximum atomic E-state index is 14.4. The Morgan fingerprint density at radius 2 is 1.47 bits per heavy atom. The summed E-state index contributed by atoms with van der Waals surface area (Å²) >= 11 is 0.578. The van der Waals surface area contributed by atoms with Crippen molar-refractivity contribution in [2.45, 2.75) is 16.2 Å². The second-order valence-electron chi connectivity index (χ2n) is 4.11. The fourth-order valence-electron chi connectivity index (χ4n) is 1.88. The van der Waals surface area contributed by atoms with Gasteiger partial charge in [0.1, 0.15) is 6.04 Å². The molecular formula is C15H15F2NS. The Bertz CT molecular complexity index is 502. The molecule has 2 rings (SSSR count). The predicted octanol–water partition coefficient (Wildman–Crippen LogP) is 4.33. The highest BCUT2D eigenvalue weighted by atomic mass is 32.2. The van der Waals surface area contributed by atoms with Crippen LogP contribution in [0.1, 0.15) is 11.6 Å². The largest absolute Gasteiger partial charge is 0.317 e. The summed E-state index contributed by atoms with van der Waals surface area (Å²) in [6.45, 7) is 0. The van der Waals surface area contributed by atoms with Gasteiger partial charge in [0.05, 0.1) is 0 Å². The lowest BCUT2D eigenvalue weighted by Crippen LogP contribution is -2.32. The van der Waals surface area contributed by atoms with E-state index < -0.39 is 11.3 Å². The van der Waals surface area contributed by atoms with Crippen LogP contribution in [0.4, 0.5) is 8.78 Å². The fraction of sp³-hybridized carbons (Fsp3) is 0.200. The van der Waals surface area contributed by atoms with Crippen molar-refractivity contribution < 1.29 is 8.78 Å². The van der Waals surface area contributed by atoms with Crippen LogP contribution < -0.4 is 5.32 Å². The van der Waals surface area contributed by atoms with E-state index in [1.165, 1.54) is 0 Å². The highest BCUT2D eigenvalue weighted by Crippen LogP contribution is 2.44. The Balaban J connectivity index is 2.21. The van der Waals surface area contributed by atoms with Gasteiger partial charge in [-0.25, -0.2) is 0 Å². The van der Waals surface area contributed by atoms with Gasteiger partial charge in [-0.2, -0.15) is 8.78 Å². The molecule has 0 radical (unpaired) electrons. The predicted molar refractivity (Wildman–Crippen MR) is 75.5 cm³/mol. The van der Waals surface area contributed by atoms with Gasteiger partial charge in [-0.05, 0) is 24.7 Å². The van der Waals surface area contributed by atoms with Crippen molar-refractivity contribution in [2.24, 2.45) is 0 Å². The quantitative estimate of drug-likeness (QED) is 0.817. The first-order chi connectivity index (χ1) is 9.13. The molecule has 0 fully saturated rings. The zero-order chi connectivity index (χ0) is 13.7. The van der Waals surface area contributed by atoms with Crippen LogP contribution in [0, 0.1) is 0 Å². The molecule has 2 aromatic carbocycles. The first kappa shape index (κ1) is 14.0. The molecule has 100 valence electrons. The summed E-state index contributed by atoms with van der Waals surface area (Å²) in [5, 5.41) is -0.211. The zero-order valence-electron chi connectivity index (χ0n) is 10.5. The number of benzene rings is 2. The minimum Gasteiger partial charge on any atom is -0.307 e. The molecule has 0 aliphatic heterocycles. The van der Waals surface area contributed by atoms with Crippen molar-refractivity contribution >= 4 is 11.8 Å². The second kappa shape index (κ2) is 6.17. The van der Waals surface area contributed by atoms with E-state index in [0.717, 1.165) is 0 Å². The summed E-state index contributed by atoms with van der Waals surface area (Å²) < 4.78 is 28.7. The lowest BCUT2D eigenvalue weighted by atomic mass is 10.1. The van der Waals surface area contributed by atoms with E-state index in [0.29, 0.717) is 22.2 Å². The average Bonchev–Trinajstić information content (AvgIpc) is 2.41.